The molecule has 2 N–H and O–H groups in total. The summed E-state index contributed by atoms with van der Waals surface area (Å²) in [6.07, 6.45) is 1.67. The first-order valence-corrected chi connectivity index (χ1v) is 9.76. The zero-order valence-corrected chi connectivity index (χ0v) is 14.8. The Balaban J connectivity index is 1.84. The quantitative estimate of drug-likeness (QED) is 0.585. The van der Waals surface area contributed by atoms with E-state index in [2.05, 4.69) is 10.0 Å². The van der Waals surface area contributed by atoms with E-state index < -0.39 is 14.9 Å². The number of likely N-dealkylation sites (tertiary alicyclic amines) is 1. The largest absolute Gasteiger partial charge is 0.324 e. The van der Waals surface area contributed by atoms with Gasteiger partial charge < -0.3 is 10.2 Å². The fourth-order valence-electron chi connectivity index (χ4n) is 2.65. The van der Waals surface area contributed by atoms with Crippen LogP contribution in [0.5, 0.6) is 0 Å². The second-order valence-electron chi connectivity index (χ2n) is 5.93. The molecule has 9 nitrogen and oxygen atoms in total. The van der Waals surface area contributed by atoms with Gasteiger partial charge in [0.15, 0.2) is 0 Å². The fourth-order valence-corrected chi connectivity index (χ4v) is 4.05. The molecule has 0 saturated carbocycles. The second kappa shape index (κ2) is 8.26. The summed E-state index contributed by atoms with van der Waals surface area (Å²) >= 11 is 0. The number of nitrogens with zero attached hydrogens (tertiary/aromatic N) is 2. The van der Waals surface area contributed by atoms with Crippen LogP contribution < -0.4 is 10.0 Å². The molecular weight excluding hydrogens is 348 g/mol. The third kappa shape index (κ3) is 5.68. The number of piperidine rings is 1. The van der Waals surface area contributed by atoms with E-state index >= 15 is 0 Å². The van der Waals surface area contributed by atoms with Crippen LogP contribution >= 0.6 is 0 Å². The molecule has 1 aromatic carbocycles. The topological polar surface area (TPSA) is 122 Å². The Hall–Kier alpha value is -2.20. The van der Waals surface area contributed by atoms with Crippen LogP contribution in [-0.4, -0.2) is 49.2 Å². The minimum atomic E-state index is -3.25. The number of nitro benzene ring substituents is 1. The minimum absolute atomic E-state index is 0.0434. The van der Waals surface area contributed by atoms with Crippen molar-refractivity contribution in [1.82, 2.24) is 9.62 Å². The van der Waals surface area contributed by atoms with E-state index in [-0.39, 0.29) is 23.5 Å². The average molecular weight is 370 g/mol. The summed E-state index contributed by atoms with van der Waals surface area (Å²) < 4.78 is 26.2. The Morgan fingerprint density at radius 3 is 2.40 bits per heavy atom. The van der Waals surface area contributed by atoms with Crippen molar-refractivity contribution < 1.29 is 18.1 Å². The number of hydrogen-bond acceptors (Lipinski definition) is 5. The van der Waals surface area contributed by atoms with Gasteiger partial charge in [0.25, 0.3) is 5.69 Å². The molecule has 1 fully saturated rings. The van der Waals surface area contributed by atoms with Gasteiger partial charge in [0.1, 0.15) is 0 Å². The molecule has 1 heterocycles. The Morgan fingerprint density at radius 2 is 1.88 bits per heavy atom. The van der Waals surface area contributed by atoms with E-state index in [0.29, 0.717) is 38.0 Å². The summed E-state index contributed by atoms with van der Waals surface area (Å²) in [6, 6.07) is 5.14. The second-order valence-corrected chi connectivity index (χ2v) is 7.81. The first-order chi connectivity index (χ1) is 11.8. The van der Waals surface area contributed by atoms with E-state index in [1.807, 2.05) is 6.92 Å². The maximum absolute atomic E-state index is 12.2. The maximum atomic E-state index is 12.2. The lowest BCUT2D eigenvalue weighted by atomic mass is 10.1. The number of amides is 2. The van der Waals surface area contributed by atoms with Crippen molar-refractivity contribution in [2.24, 2.45) is 0 Å². The van der Waals surface area contributed by atoms with Gasteiger partial charge in [0.2, 0.25) is 10.0 Å². The molecule has 1 saturated heterocycles. The maximum Gasteiger partial charge on any atom is 0.321 e. The third-order valence-electron chi connectivity index (χ3n) is 3.93. The predicted molar refractivity (Wildman–Crippen MR) is 93.9 cm³/mol. The highest BCUT2D eigenvalue weighted by Crippen LogP contribution is 2.17. The normalized spacial score (nSPS) is 15.8. The van der Waals surface area contributed by atoms with E-state index in [4.69, 9.17) is 0 Å². The van der Waals surface area contributed by atoms with Crippen molar-refractivity contribution in [3.05, 3.63) is 34.4 Å². The number of urea groups is 1. The van der Waals surface area contributed by atoms with Crippen molar-refractivity contribution in [2.45, 2.75) is 32.2 Å². The van der Waals surface area contributed by atoms with Gasteiger partial charge in [-0.25, -0.2) is 17.9 Å². The summed E-state index contributed by atoms with van der Waals surface area (Å²) in [4.78, 5) is 23.9. The van der Waals surface area contributed by atoms with E-state index in [1.54, 1.807) is 4.90 Å². The summed E-state index contributed by atoms with van der Waals surface area (Å²) in [7, 11) is -3.25. The number of nitro groups is 1. The number of carbonyl (C=O) groups excluding carboxylic acids is 1. The van der Waals surface area contributed by atoms with Gasteiger partial charge in [-0.1, -0.05) is 6.92 Å². The Labute approximate surface area is 146 Å². The molecule has 2 rings (SSSR count). The summed E-state index contributed by atoms with van der Waals surface area (Å²) in [5.74, 6) is 0.105. The highest BCUT2D eigenvalue weighted by Gasteiger charge is 2.25. The molecule has 1 aromatic rings. The average Bonchev–Trinajstić information content (AvgIpc) is 2.55. The predicted octanol–water partition coefficient (Wildman–Crippen LogP) is 1.92. The zero-order valence-electron chi connectivity index (χ0n) is 14.0. The molecule has 25 heavy (non-hydrogen) atoms. The number of sulfonamides is 1. The van der Waals surface area contributed by atoms with Crippen LogP contribution in [0.2, 0.25) is 0 Å². The number of nitrogens with one attached hydrogen (secondary N) is 2. The highest BCUT2D eigenvalue weighted by atomic mass is 32.2. The number of rotatable bonds is 6. The number of carbonyl (C=O) groups is 1. The molecule has 1 aliphatic heterocycles. The lowest BCUT2D eigenvalue weighted by Crippen LogP contribution is -2.48. The molecule has 0 unspecified atom stereocenters. The molecule has 0 bridgehead atoms. The molecule has 1 aliphatic rings. The number of non-ortho nitro benzene ring substituents is 1. The van der Waals surface area contributed by atoms with E-state index in [0.717, 1.165) is 0 Å². The van der Waals surface area contributed by atoms with Crippen LogP contribution in [0.1, 0.15) is 26.2 Å². The SMILES string of the molecule is CCCS(=O)(=O)NC1CCN(C(=O)Nc2ccc([N+](=O)[O-])cc2)CC1. The molecule has 2 amide bonds. The van der Waals surface area contributed by atoms with Crippen molar-refractivity contribution >= 4 is 27.4 Å². The third-order valence-corrected chi connectivity index (χ3v) is 5.57. The van der Waals surface area contributed by atoms with E-state index in [9.17, 15) is 23.3 Å². The van der Waals surface area contributed by atoms with Crippen LogP contribution in [0.3, 0.4) is 0 Å². The van der Waals surface area contributed by atoms with E-state index in [1.165, 1.54) is 24.3 Å². The van der Waals surface area contributed by atoms with Crippen LogP contribution in [0, 0.1) is 10.1 Å². The van der Waals surface area contributed by atoms with Gasteiger partial charge in [0, 0.05) is 37.0 Å². The van der Waals surface area contributed by atoms with Gasteiger partial charge in [-0.05, 0) is 31.4 Å². The number of benzene rings is 1. The zero-order chi connectivity index (χ0) is 18.4. The van der Waals surface area contributed by atoms with Gasteiger partial charge >= 0.3 is 6.03 Å². The molecule has 0 aromatic heterocycles. The smallest absolute Gasteiger partial charge is 0.321 e. The molecule has 0 spiro atoms. The van der Waals surface area contributed by atoms with Crippen LogP contribution in [0.25, 0.3) is 0 Å². The van der Waals surface area contributed by atoms with Crippen molar-refractivity contribution in [3.8, 4) is 0 Å². The van der Waals surface area contributed by atoms with Crippen molar-refractivity contribution in [2.75, 3.05) is 24.2 Å². The van der Waals surface area contributed by atoms with Gasteiger partial charge in [-0.15, -0.1) is 0 Å². The fraction of sp³-hybridized carbons (Fsp3) is 0.533. The van der Waals surface area contributed by atoms with Crippen LogP contribution in [0.15, 0.2) is 24.3 Å². The molecule has 10 heteroatoms. The van der Waals surface area contributed by atoms with Crippen molar-refractivity contribution in [1.29, 1.82) is 0 Å². The summed E-state index contributed by atoms with van der Waals surface area (Å²) in [5, 5.41) is 13.3. The minimum Gasteiger partial charge on any atom is -0.324 e. The first-order valence-electron chi connectivity index (χ1n) is 8.11. The first kappa shape index (κ1) is 19.1. The number of anilines is 1. The van der Waals surface area contributed by atoms with Gasteiger partial charge in [-0.3, -0.25) is 10.1 Å². The molecule has 138 valence electrons. The molecular formula is C15H22N4O5S. The Kier molecular flexibility index (Phi) is 6.32. The summed E-state index contributed by atoms with van der Waals surface area (Å²) in [6.45, 7) is 2.70. The lowest BCUT2D eigenvalue weighted by molar-refractivity contribution is -0.384. The Bertz CT molecular complexity index is 712. The molecule has 0 radical (unpaired) electrons. The summed E-state index contributed by atoms with van der Waals surface area (Å²) in [5.41, 5.74) is 0.430. The molecule has 0 atom stereocenters. The van der Waals surface area contributed by atoms with Crippen molar-refractivity contribution in [3.63, 3.8) is 0 Å². The molecule has 0 aliphatic carbocycles. The monoisotopic (exact) mass is 370 g/mol. The van der Waals surface area contributed by atoms with Gasteiger partial charge in [0.05, 0.1) is 10.7 Å². The van der Waals surface area contributed by atoms with Gasteiger partial charge in [-0.2, -0.15) is 0 Å². The van der Waals surface area contributed by atoms with Crippen LogP contribution in [0.4, 0.5) is 16.2 Å². The highest BCUT2D eigenvalue weighted by molar-refractivity contribution is 7.89. The standard InChI is InChI=1S/C15H22N4O5S/c1-2-11-25(23,24)17-13-7-9-18(10-8-13)15(20)16-12-3-5-14(6-4-12)19(21)22/h3-6,13,17H,2,7-11H2,1H3,(H,16,20). The lowest BCUT2D eigenvalue weighted by Gasteiger charge is -2.32. The Morgan fingerprint density at radius 1 is 1.28 bits per heavy atom. The van der Waals surface area contributed by atoms with Crippen LogP contribution in [-0.2, 0) is 10.0 Å². The number of hydrogen-bond donors (Lipinski definition) is 2.